The van der Waals surface area contributed by atoms with Crippen LogP contribution in [0.25, 0.3) is 10.9 Å². The number of fused-ring (bicyclic) bond motifs is 1. The van der Waals surface area contributed by atoms with Gasteiger partial charge in [0.05, 0.1) is 31.1 Å². The van der Waals surface area contributed by atoms with Gasteiger partial charge in [-0.1, -0.05) is 48.0 Å². The fourth-order valence-electron chi connectivity index (χ4n) is 3.43. The Balaban J connectivity index is 1.89. The Bertz CT molecular complexity index is 1310. The van der Waals surface area contributed by atoms with E-state index >= 15 is 0 Å². The molecule has 0 saturated carbocycles. The van der Waals surface area contributed by atoms with Crippen molar-refractivity contribution in [1.29, 1.82) is 0 Å². The van der Waals surface area contributed by atoms with Crippen LogP contribution in [-0.2, 0) is 13.1 Å². The van der Waals surface area contributed by atoms with Gasteiger partial charge < -0.3 is 4.74 Å². The van der Waals surface area contributed by atoms with E-state index in [1.54, 1.807) is 48.1 Å². The summed E-state index contributed by atoms with van der Waals surface area (Å²) in [5.41, 5.74) is 1.63. The molecule has 3 aromatic carbocycles. The van der Waals surface area contributed by atoms with Gasteiger partial charge in [0.25, 0.3) is 5.56 Å². The topological polar surface area (TPSA) is 53.2 Å². The van der Waals surface area contributed by atoms with E-state index in [0.717, 1.165) is 11.1 Å². The highest BCUT2D eigenvalue weighted by Crippen LogP contribution is 2.16. The van der Waals surface area contributed by atoms with E-state index in [0.29, 0.717) is 28.2 Å². The molecule has 0 aliphatic rings. The largest absolute Gasteiger partial charge is 0.497 e. The standard InChI is InChI=1S/C23H19ClN2O3/c1-29-19-9-5-7-17(13-19)14-25-21-11-3-2-10-20(21)22(27)26(23(25)28)15-16-6-4-8-18(24)12-16/h2-13H,14-15H2,1H3. The Hall–Kier alpha value is -3.31. The lowest BCUT2D eigenvalue weighted by molar-refractivity contribution is 0.414. The van der Waals surface area contributed by atoms with Crippen molar-refractivity contribution in [3.63, 3.8) is 0 Å². The maximum absolute atomic E-state index is 13.3. The summed E-state index contributed by atoms with van der Waals surface area (Å²) in [6.45, 7) is 0.480. The number of halogens is 1. The lowest BCUT2D eigenvalue weighted by atomic mass is 10.2. The Labute approximate surface area is 172 Å². The molecule has 1 aromatic heterocycles. The first kappa shape index (κ1) is 19.0. The highest BCUT2D eigenvalue weighted by atomic mass is 35.5. The van der Waals surface area contributed by atoms with Crippen molar-refractivity contribution >= 4 is 22.5 Å². The highest BCUT2D eigenvalue weighted by Gasteiger charge is 2.14. The Kier molecular flexibility index (Phi) is 5.23. The van der Waals surface area contributed by atoms with Gasteiger partial charge in [0.1, 0.15) is 5.75 Å². The summed E-state index contributed by atoms with van der Waals surface area (Å²) in [4.78, 5) is 26.4. The molecule has 0 saturated heterocycles. The van der Waals surface area contributed by atoms with Crippen LogP contribution in [-0.4, -0.2) is 16.2 Å². The molecular formula is C23H19ClN2O3. The Morgan fingerprint density at radius 3 is 2.28 bits per heavy atom. The molecule has 0 unspecified atom stereocenters. The van der Waals surface area contributed by atoms with Crippen LogP contribution in [0.4, 0.5) is 0 Å². The van der Waals surface area contributed by atoms with Crippen LogP contribution in [0.5, 0.6) is 5.75 Å². The number of nitrogens with zero attached hydrogens (tertiary/aromatic N) is 2. The molecule has 6 heteroatoms. The number of hydrogen-bond acceptors (Lipinski definition) is 3. The molecule has 0 fully saturated rings. The second kappa shape index (κ2) is 7.97. The van der Waals surface area contributed by atoms with Gasteiger partial charge in [-0.25, -0.2) is 4.79 Å². The number of hydrogen-bond donors (Lipinski definition) is 0. The lowest BCUT2D eigenvalue weighted by Gasteiger charge is -2.15. The molecule has 0 bridgehead atoms. The number of benzene rings is 3. The molecule has 4 aromatic rings. The SMILES string of the molecule is COc1cccc(Cn2c(=O)n(Cc3cccc(Cl)c3)c(=O)c3ccccc32)c1. The van der Waals surface area contributed by atoms with Gasteiger partial charge >= 0.3 is 5.69 Å². The summed E-state index contributed by atoms with van der Waals surface area (Å²) in [5, 5.41) is 1.06. The van der Waals surface area contributed by atoms with E-state index in [-0.39, 0.29) is 17.8 Å². The molecule has 0 atom stereocenters. The van der Waals surface area contributed by atoms with Gasteiger partial charge in [0, 0.05) is 5.02 Å². The monoisotopic (exact) mass is 406 g/mol. The summed E-state index contributed by atoms with van der Waals surface area (Å²) in [6.07, 6.45) is 0. The van der Waals surface area contributed by atoms with Gasteiger partial charge in [-0.05, 0) is 47.5 Å². The number of methoxy groups -OCH3 is 1. The second-order valence-electron chi connectivity index (χ2n) is 6.76. The maximum Gasteiger partial charge on any atom is 0.332 e. The van der Waals surface area contributed by atoms with E-state index in [2.05, 4.69) is 0 Å². The van der Waals surface area contributed by atoms with Crippen molar-refractivity contribution in [2.24, 2.45) is 0 Å². The fourth-order valence-corrected chi connectivity index (χ4v) is 3.65. The average Bonchev–Trinajstić information content (AvgIpc) is 2.74. The first-order chi connectivity index (χ1) is 14.1. The van der Waals surface area contributed by atoms with Gasteiger partial charge in [0.15, 0.2) is 0 Å². The molecule has 4 rings (SSSR count). The minimum atomic E-state index is -0.364. The third-order valence-corrected chi connectivity index (χ3v) is 5.07. The Morgan fingerprint density at radius 1 is 0.828 bits per heavy atom. The number of ether oxygens (including phenoxy) is 1. The third kappa shape index (κ3) is 3.82. The summed E-state index contributed by atoms with van der Waals surface area (Å²) in [6, 6.07) is 21.9. The maximum atomic E-state index is 13.3. The molecule has 146 valence electrons. The van der Waals surface area contributed by atoms with E-state index in [9.17, 15) is 9.59 Å². The molecule has 5 nitrogen and oxygen atoms in total. The normalized spacial score (nSPS) is 11.0. The van der Waals surface area contributed by atoms with Gasteiger partial charge in [-0.3, -0.25) is 13.9 Å². The molecular weight excluding hydrogens is 388 g/mol. The van der Waals surface area contributed by atoms with E-state index < -0.39 is 0 Å². The summed E-state index contributed by atoms with van der Waals surface area (Å²) < 4.78 is 8.17. The predicted molar refractivity (Wildman–Crippen MR) is 115 cm³/mol. The van der Waals surface area contributed by atoms with E-state index in [1.807, 2.05) is 36.4 Å². The summed E-state index contributed by atoms with van der Waals surface area (Å²) >= 11 is 6.07. The smallest absolute Gasteiger partial charge is 0.332 e. The quantitative estimate of drug-likeness (QED) is 0.504. The molecule has 1 heterocycles. The molecule has 0 spiro atoms. The lowest BCUT2D eigenvalue weighted by Crippen LogP contribution is -2.40. The first-order valence-corrected chi connectivity index (χ1v) is 9.54. The first-order valence-electron chi connectivity index (χ1n) is 9.16. The van der Waals surface area contributed by atoms with E-state index in [4.69, 9.17) is 16.3 Å². The summed E-state index contributed by atoms with van der Waals surface area (Å²) in [5.74, 6) is 0.715. The zero-order valence-corrected chi connectivity index (χ0v) is 16.6. The second-order valence-corrected chi connectivity index (χ2v) is 7.20. The van der Waals surface area contributed by atoms with Crippen molar-refractivity contribution in [2.75, 3.05) is 7.11 Å². The van der Waals surface area contributed by atoms with Gasteiger partial charge in [-0.2, -0.15) is 0 Å². The van der Waals surface area contributed by atoms with Crippen LogP contribution in [0.3, 0.4) is 0 Å². The van der Waals surface area contributed by atoms with Crippen LogP contribution in [0, 0.1) is 0 Å². The number of para-hydroxylation sites is 1. The third-order valence-electron chi connectivity index (χ3n) is 4.84. The molecule has 0 aliphatic carbocycles. The minimum absolute atomic E-state index is 0.154. The minimum Gasteiger partial charge on any atom is -0.497 e. The van der Waals surface area contributed by atoms with Crippen molar-refractivity contribution < 1.29 is 4.74 Å². The van der Waals surface area contributed by atoms with Crippen LogP contribution in [0.1, 0.15) is 11.1 Å². The van der Waals surface area contributed by atoms with Crippen molar-refractivity contribution in [1.82, 2.24) is 9.13 Å². The average molecular weight is 407 g/mol. The zero-order valence-electron chi connectivity index (χ0n) is 15.8. The number of aromatic nitrogens is 2. The summed E-state index contributed by atoms with van der Waals surface area (Å²) in [7, 11) is 1.60. The molecule has 0 radical (unpaired) electrons. The molecule has 0 amide bonds. The van der Waals surface area contributed by atoms with Gasteiger partial charge in [0.2, 0.25) is 0 Å². The fraction of sp³-hybridized carbons (Fsp3) is 0.130. The van der Waals surface area contributed by atoms with Crippen molar-refractivity contribution in [2.45, 2.75) is 13.1 Å². The van der Waals surface area contributed by atoms with Gasteiger partial charge in [-0.15, -0.1) is 0 Å². The van der Waals surface area contributed by atoms with Crippen LogP contribution < -0.4 is 16.0 Å². The molecule has 0 aliphatic heterocycles. The Morgan fingerprint density at radius 2 is 1.52 bits per heavy atom. The van der Waals surface area contributed by atoms with Crippen molar-refractivity contribution in [3.8, 4) is 5.75 Å². The predicted octanol–water partition coefficient (Wildman–Crippen LogP) is 3.92. The van der Waals surface area contributed by atoms with Crippen LogP contribution in [0.15, 0.2) is 82.4 Å². The van der Waals surface area contributed by atoms with E-state index in [1.165, 1.54) is 4.57 Å². The highest BCUT2D eigenvalue weighted by molar-refractivity contribution is 6.30. The number of rotatable bonds is 5. The zero-order chi connectivity index (χ0) is 20.4. The molecule has 29 heavy (non-hydrogen) atoms. The van der Waals surface area contributed by atoms with Crippen LogP contribution in [0.2, 0.25) is 5.02 Å². The van der Waals surface area contributed by atoms with Crippen molar-refractivity contribution in [3.05, 3.63) is 110 Å². The van der Waals surface area contributed by atoms with Crippen LogP contribution >= 0.6 is 11.6 Å². The molecule has 0 N–H and O–H groups in total.